The van der Waals surface area contributed by atoms with E-state index < -0.39 is 0 Å². The minimum Gasteiger partial charge on any atom is -0.493 e. The smallest absolute Gasteiger partial charge is 0.161 e. The number of piperidine rings is 1. The molecule has 1 aliphatic rings. The van der Waals surface area contributed by atoms with Gasteiger partial charge in [-0.25, -0.2) is 0 Å². The van der Waals surface area contributed by atoms with E-state index in [9.17, 15) is 0 Å². The van der Waals surface area contributed by atoms with E-state index in [1.54, 1.807) is 14.2 Å². The van der Waals surface area contributed by atoms with Gasteiger partial charge in [0.25, 0.3) is 0 Å². The molecule has 0 aliphatic carbocycles. The lowest BCUT2D eigenvalue weighted by Gasteiger charge is -2.28. The van der Waals surface area contributed by atoms with Gasteiger partial charge in [0.15, 0.2) is 11.5 Å². The zero-order valence-corrected chi connectivity index (χ0v) is 11.1. The second-order valence-corrected chi connectivity index (χ2v) is 4.73. The molecule has 0 unspecified atom stereocenters. The van der Waals surface area contributed by atoms with E-state index in [0.717, 1.165) is 43.0 Å². The van der Waals surface area contributed by atoms with Crippen LogP contribution in [0.4, 0.5) is 0 Å². The minimum atomic E-state index is 0.0758. The molecule has 0 amide bonds. The predicted molar refractivity (Wildman–Crippen MR) is 72.1 cm³/mol. The third-order valence-electron chi connectivity index (χ3n) is 3.68. The van der Waals surface area contributed by atoms with Crippen molar-refractivity contribution in [2.75, 3.05) is 27.3 Å². The van der Waals surface area contributed by atoms with E-state index >= 15 is 0 Å². The zero-order chi connectivity index (χ0) is 13.0. The van der Waals surface area contributed by atoms with Crippen molar-refractivity contribution in [3.8, 4) is 11.5 Å². The summed E-state index contributed by atoms with van der Waals surface area (Å²) in [6.07, 6.45) is 2.27. The summed E-state index contributed by atoms with van der Waals surface area (Å²) in [5.41, 5.74) is 7.49. The maximum atomic E-state index is 6.36. The summed E-state index contributed by atoms with van der Waals surface area (Å²) < 4.78 is 10.6. The number of hydrogen-bond donors (Lipinski definition) is 2. The molecule has 0 bridgehead atoms. The highest BCUT2D eigenvalue weighted by Crippen LogP contribution is 2.33. The van der Waals surface area contributed by atoms with E-state index in [4.69, 9.17) is 15.2 Å². The van der Waals surface area contributed by atoms with Gasteiger partial charge >= 0.3 is 0 Å². The van der Waals surface area contributed by atoms with Crippen molar-refractivity contribution in [1.82, 2.24) is 5.32 Å². The molecule has 3 N–H and O–H groups in total. The molecule has 100 valence electrons. The molecule has 18 heavy (non-hydrogen) atoms. The van der Waals surface area contributed by atoms with Crippen LogP contribution in [0.15, 0.2) is 18.2 Å². The second kappa shape index (κ2) is 6.07. The van der Waals surface area contributed by atoms with E-state index in [2.05, 4.69) is 5.32 Å². The lowest BCUT2D eigenvalue weighted by molar-refractivity contribution is 0.319. The molecule has 0 saturated carbocycles. The SMILES string of the molecule is COc1ccc([C@H](N)C2CCNCC2)cc1OC. The predicted octanol–water partition coefficient (Wildman–Crippen LogP) is 1.70. The highest BCUT2D eigenvalue weighted by Gasteiger charge is 2.22. The normalized spacial score (nSPS) is 18.4. The fourth-order valence-electron chi connectivity index (χ4n) is 2.54. The van der Waals surface area contributed by atoms with Crippen LogP contribution in [0, 0.1) is 5.92 Å². The molecule has 4 heteroatoms. The first-order chi connectivity index (χ1) is 8.76. The van der Waals surface area contributed by atoms with Crippen molar-refractivity contribution in [3.63, 3.8) is 0 Å². The first kappa shape index (κ1) is 13.2. The Balaban J connectivity index is 2.16. The number of methoxy groups -OCH3 is 2. The number of rotatable bonds is 4. The third-order valence-corrected chi connectivity index (χ3v) is 3.68. The van der Waals surface area contributed by atoms with Gasteiger partial charge < -0.3 is 20.5 Å². The van der Waals surface area contributed by atoms with Crippen LogP contribution >= 0.6 is 0 Å². The summed E-state index contributed by atoms with van der Waals surface area (Å²) in [5.74, 6) is 2.04. The molecular weight excluding hydrogens is 228 g/mol. The summed E-state index contributed by atoms with van der Waals surface area (Å²) >= 11 is 0. The Morgan fingerprint density at radius 2 is 1.83 bits per heavy atom. The molecule has 0 radical (unpaired) electrons. The minimum absolute atomic E-state index is 0.0758. The summed E-state index contributed by atoms with van der Waals surface area (Å²) in [5, 5.41) is 3.36. The summed E-state index contributed by atoms with van der Waals surface area (Å²) in [6, 6.07) is 6.03. The quantitative estimate of drug-likeness (QED) is 0.854. The van der Waals surface area contributed by atoms with Gasteiger partial charge in [-0.15, -0.1) is 0 Å². The maximum absolute atomic E-state index is 6.36. The summed E-state index contributed by atoms with van der Waals surface area (Å²) in [7, 11) is 3.29. The van der Waals surface area contributed by atoms with Crippen molar-refractivity contribution in [1.29, 1.82) is 0 Å². The van der Waals surface area contributed by atoms with Crippen LogP contribution in [0.3, 0.4) is 0 Å². The molecule has 0 aromatic heterocycles. The van der Waals surface area contributed by atoms with Gasteiger partial charge in [0, 0.05) is 6.04 Å². The number of hydrogen-bond acceptors (Lipinski definition) is 4. The van der Waals surface area contributed by atoms with Gasteiger partial charge in [0.2, 0.25) is 0 Å². The van der Waals surface area contributed by atoms with Gasteiger partial charge in [-0.1, -0.05) is 6.07 Å². The number of nitrogens with one attached hydrogen (secondary N) is 1. The van der Waals surface area contributed by atoms with Crippen molar-refractivity contribution in [2.45, 2.75) is 18.9 Å². The van der Waals surface area contributed by atoms with Crippen molar-refractivity contribution < 1.29 is 9.47 Å². The number of nitrogens with two attached hydrogens (primary N) is 1. The van der Waals surface area contributed by atoms with Crippen LogP contribution in [0.25, 0.3) is 0 Å². The van der Waals surface area contributed by atoms with E-state index in [0.29, 0.717) is 5.92 Å². The zero-order valence-electron chi connectivity index (χ0n) is 11.1. The van der Waals surface area contributed by atoms with Crippen LogP contribution in [-0.2, 0) is 0 Å². The Hall–Kier alpha value is -1.26. The average molecular weight is 250 g/mol. The van der Waals surface area contributed by atoms with Crippen molar-refractivity contribution >= 4 is 0 Å². The Labute approximate surface area is 108 Å². The number of ether oxygens (including phenoxy) is 2. The second-order valence-electron chi connectivity index (χ2n) is 4.73. The summed E-state index contributed by atoms with van der Waals surface area (Å²) in [4.78, 5) is 0. The molecule has 1 saturated heterocycles. The number of benzene rings is 1. The van der Waals surface area contributed by atoms with E-state index in [1.165, 1.54) is 0 Å². The lowest BCUT2D eigenvalue weighted by Crippen LogP contribution is -2.33. The van der Waals surface area contributed by atoms with Gasteiger partial charge in [-0.2, -0.15) is 0 Å². The molecule has 1 aliphatic heterocycles. The molecular formula is C14H22N2O2. The molecule has 1 atom stereocenters. The van der Waals surface area contributed by atoms with Crippen LogP contribution in [0.1, 0.15) is 24.4 Å². The first-order valence-corrected chi connectivity index (χ1v) is 6.44. The van der Waals surface area contributed by atoms with Crippen LogP contribution in [-0.4, -0.2) is 27.3 Å². The molecule has 1 aromatic carbocycles. The van der Waals surface area contributed by atoms with Crippen LogP contribution in [0.2, 0.25) is 0 Å². The molecule has 1 fully saturated rings. The van der Waals surface area contributed by atoms with E-state index in [-0.39, 0.29) is 6.04 Å². The van der Waals surface area contributed by atoms with Gasteiger partial charge in [-0.05, 0) is 49.5 Å². The van der Waals surface area contributed by atoms with E-state index in [1.807, 2.05) is 18.2 Å². The Kier molecular flexibility index (Phi) is 4.44. The lowest BCUT2D eigenvalue weighted by atomic mass is 9.86. The highest BCUT2D eigenvalue weighted by molar-refractivity contribution is 5.43. The Bertz CT molecular complexity index is 389. The third kappa shape index (κ3) is 2.76. The van der Waals surface area contributed by atoms with Crippen LogP contribution < -0.4 is 20.5 Å². The molecule has 4 nitrogen and oxygen atoms in total. The topological polar surface area (TPSA) is 56.5 Å². The maximum Gasteiger partial charge on any atom is 0.161 e. The van der Waals surface area contributed by atoms with Gasteiger partial charge in [-0.3, -0.25) is 0 Å². The first-order valence-electron chi connectivity index (χ1n) is 6.44. The molecule has 2 rings (SSSR count). The molecule has 0 spiro atoms. The fraction of sp³-hybridized carbons (Fsp3) is 0.571. The van der Waals surface area contributed by atoms with Gasteiger partial charge in [0.1, 0.15) is 0 Å². The Morgan fingerprint density at radius 3 is 2.44 bits per heavy atom. The van der Waals surface area contributed by atoms with Crippen LogP contribution in [0.5, 0.6) is 11.5 Å². The van der Waals surface area contributed by atoms with Crippen molar-refractivity contribution in [2.24, 2.45) is 11.7 Å². The van der Waals surface area contributed by atoms with Gasteiger partial charge in [0.05, 0.1) is 14.2 Å². The monoisotopic (exact) mass is 250 g/mol. The Morgan fingerprint density at radius 1 is 1.17 bits per heavy atom. The standard InChI is InChI=1S/C14H22N2O2/c1-17-12-4-3-11(9-13(12)18-2)14(15)10-5-7-16-8-6-10/h3-4,9-10,14,16H,5-8,15H2,1-2H3/t14-/m1/s1. The largest absolute Gasteiger partial charge is 0.493 e. The fourth-order valence-corrected chi connectivity index (χ4v) is 2.54. The van der Waals surface area contributed by atoms with Crippen molar-refractivity contribution in [3.05, 3.63) is 23.8 Å². The molecule has 1 heterocycles. The molecule has 1 aromatic rings. The average Bonchev–Trinajstić information content (AvgIpc) is 2.46. The summed E-state index contributed by atoms with van der Waals surface area (Å²) in [6.45, 7) is 2.12. The highest BCUT2D eigenvalue weighted by atomic mass is 16.5.